The van der Waals surface area contributed by atoms with Crippen LogP contribution in [0.2, 0.25) is 10.0 Å². The molecule has 0 atom stereocenters. The first kappa shape index (κ1) is 43.3. The minimum absolute atomic E-state index is 0.147. The van der Waals surface area contributed by atoms with Gasteiger partial charge in [0.25, 0.3) is 20.0 Å². The van der Waals surface area contributed by atoms with E-state index >= 15 is 0 Å². The summed E-state index contributed by atoms with van der Waals surface area (Å²) in [5.74, 6) is 0.677. The molecule has 6 rings (SSSR count). The minimum atomic E-state index is -4.35. The molecule has 0 spiro atoms. The van der Waals surface area contributed by atoms with Crippen molar-refractivity contribution < 1.29 is 40.8 Å². The van der Waals surface area contributed by atoms with E-state index in [-0.39, 0.29) is 32.5 Å². The molecule has 0 saturated heterocycles. The van der Waals surface area contributed by atoms with E-state index in [0.29, 0.717) is 32.9 Å². The standard InChI is InChI=1S/C40H32Cl2N8O9S2/c41-25-5-1-7-29(21-25)45-37(51)47-31-9-3-11-35(23-31)60(55,56)49-39(53)43-27-13-17-33(18-14-27)59-34-19-15-28(16-20-34)44-40(54)50-61(57,58)36-12-4-10-32(24-36)48-38(52)46-30-8-2-6-26(42)22-30/h1-24H,(H2,43,49,53)(H2,44,50,54)(H2,45,47,51)(H2,46,48,52). The van der Waals surface area contributed by atoms with Crippen molar-refractivity contribution in [2.45, 2.75) is 9.79 Å². The Morgan fingerprint density at radius 3 is 1.03 bits per heavy atom. The van der Waals surface area contributed by atoms with E-state index in [0.717, 1.165) is 0 Å². The zero-order valence-electron chi connectivity index (χ0n) is 31.1. The van der Waals surface area contributed by atoms with Crippen molar-refractivity contribution >= 4 is 101 Å². The fourth-order valence-corrected chi connectivity index (χ4v) is 7.51. The lowest BCUT2D eigenvalue weighted by molar-refractivity contribution is 0.255. The van der Waals surface area contributed by atoms with Gasteiger partial charge in [-0.05, 0) is 121 Å². The number of urea groups is 4. The fraction of sp³-hybridized carbons (Fsp3) is 0. The van der Waals surface area contributed by atoms with Crippen molar-refractivity contribution in [3.63, 3.8) is 0 Å². The average Bonchev–Trinajstić information content (AvgIpc) is 3.19. The number of hydrogen-bond donors (Lipinski definition) is 8. The van der Waals surface area contributed by atoms with Gasteiger partial charge in [-0.2, -0.15) is 0 Å². The molecule has 0 unspecified atom stereocenters. The number of benzene rings is 6. The average molecular weight is 904 g/mol. The highest BCUT2D eigenvalue weighted by atomic mass is 35.5. The van der Waals surface area contributed by atoms with E-state index in [1.54, 1.807) is 36.4 Å². The molecular formula is C40H32Cl2N8O9S2. The van der Waals surface area contributed by atoms with Crippen LogP contribution in [-0.2, 0) is 20.0 Å². The molecule has 8 N–H and O–H groups in total. The molecule has 0 radical (unpaired) electrons. The predicted molar refractivity (Wildman–Crippen MR) is 233 cm³/mol. The van der Waals surface area contributed by atoms with Gasteiger partial charge in [-0.25, -0.2) is 45.5 Å². The molecule has 6 aromatic carbocycles. The third-order valence-corrected chi connectivity index (χ3v) is 11.0. The summed E-state index contributed by atoms with van der Waals surface area (Å²) < 4.78 is 61.4. The van der Waals surface area contributed by atoms with Crippen molar-refractivity contribution in [2.24, 2.45) is 0 Å². The van der Waals surface area contributed by atoms with E-state index in [9.17, 15) is 36.0 Å². The zero-order chi connectivity index (χ0) is 43.6. The van der Waals surface area contributed by atoms with Crippen LogP contribution < -0.4 is 46.1 Å². The number of halogens is 2. The maximum atomic E-state index is 12.9. The predicted octanol–water partition coefficient (Wildman–Crippen LogP) is 9.09. The zero-order valence-corrected chi connectivity index (χ0v) is 34.2. The Labute approximate surface area is 358 Å². The molecule has 0 fully saturated rings. The summed E-state index contributed by atoms with van der Waals surface area (Å²) in [5, 5.41) is 15.9. The van der Waals surface area contributed by atoms with Crippen LogP contribution in [0.5, 0.6) is 11.5 Å². The van der Waals surface area contributed by atoms with Crippen LogP contribution in [0.15, 0.2) is 155 Å². The van der Waals surface area contributed by atoms with Crippen LogP contribution in [0.25, 0.3) is 0 Å². The third kappa shape index (κ3) is 12.8. The topological polar surface area (TPSA) is 242 Å². The number of anilines is 6. The van der Waals surface area contributed by atoms with Gasteiger partial charge >= 0.3 is 24.1 Å². The van der Waals surface area contributed by atoms with E-state index in [4.69, 9.17) is 27.9 Å². The van der Waals surface area contributed by atoms with E-state index in [2.05, 4.69) is 31.9 Å². The first-order valence-corrected chi connectivity index (χ1v) is 21.2. The van der Waals surface area contributed by atoms with Crippen LogP contribution >= 0.6 is 23.2 Å². The molecule has 0 bridgehead atoms. The second-order valence-corrected chi connectivity index (χ2v) is 16.7. The normalized spacial score (nSPS) is 11.0. The first-order chi connectivity index (χ1) is 29.1. The van der Waals surface area contributed by atoms with E-state index in [1.165, 1.54) is 109 Å². The molecule has 0 aliphatic carbocycles. The highest BCUT2D eigenvalue weighted by molar-refractivity contribution is 7.90. The lowest BCUT2D eigenvalue weighted by atomic mass is 10.3. The Kier molecular flexibility index (Phi) is 13.6. The molecule has 17 nitrogen and oxygen atoms in total. The summed E-state index contributed by atoms with van der Waals surface area (Å²) in [7, 11) is -8.70. The maximum Gasteiger partial charge on any atom is 0.333 e. The van der Waals surface area contributed by atoms with Crippen LogP contribution in [0.3, 0.4) is 0 Å². The number of rotatable bonds is 12. The highest BCUT2D eigenvalue weighted by Gasteiger charge is 2.20. The van der Waals surface area contributed by atoms with Crippen LogP contribution in [0.4, 0.5) is 53.3 Å². The second kappa shape index (κ2) is 19.2. The number of amides is 8. The molecule has 0 aliphatic heterocycles. The number of nitrogens with one attached hydrogen (secondary N) is 8. The SMILES string of the molecule is O=C(Nc1cccc(Cl)c1)Nc1cccc(S(=O)(=O)NC(=O)Nc2ccc(Oc3ccc(NC(=O)NS(=O)(=O)c4cccc(NC(=O)Nc5cccc(Cl)c5)c4)cc3)cc2)c1. The van der Waals surface area contributed by atoms with Crippen LogP contribution in [-0.4, -0.2) is 41.0 Å². The van der Waals surface area contributed by atoms with Crippen molar-refractivity contribution in [2.75, 3.05) is 31.9 Å². The Morgan fingerprint density at radius 1 is 0.377 bits per heavy atom. The van der Waals surface area contributed by atoms with E-state index in [1.807, 2.05) is 9.44 Å². The van der Waals surface area contributed by atoms with Crippen LogP contribution in [0.1, 0.15) is 0 Å². The molecule has 0 heterocycles. The second-order valence-electron chi connectivity index (χ2n) is 12.5. The van der Waals surface area contributed by atoms with Crippen molar-refractivity contribution in [3.05, 3.63) is 156 Å². The molecular weight excluding hydrogens is 872 g/mol. The molecule has 0 saturated carbocycles. The van der Waals surface area contributed by atoms with E-state index < -0.39 is 44.2 Å². The number of sulfonamides is 2. The van der Waals surface area contributed by atoms with Gasteiger partial charge in [0.15, 0.2) is 0 Å². The Bertz CT molecular complexity index is 2640. The molecule has 8 amide bonds. The van der Waals surface area contributed by atoms with Gasteiger partial charge in [-0.3, -0.25) is 0 Å². The Balaban J connectivity index is 0.960. The minimum Gasteiger partial charge on any atom is -0.457 e. The summed E-state index contributed by atoms with van der Waals surface area (Å²) in [4.78, 5) is 49.5. The molecule has 21 heteroatoms. The molecule has 0 aromatic heterocycles. The van der Waals surface area contributed by atoms with Gasteiger partial charge in [-0.15, -0.1) is 0 Å². The highest BCUT2D eigenvalue weighted by Crippen LogP contribution is 2.25. The smallest absolute Gasteiger partial charge is 0.333 e. The lowest BCUT2D eigenvalue weighted by Gasteiger charge is -2.12. The van der Waals surface area contributed by atoms with Gasteiger partial charge < -0.3 is 36.6 Å². The Hall–Kier alpha value is -7.32. The lowest BCUT2D eigenvalue weighted by Crippen LogP contribution is -2.34. The number of ether oxygens (including phenoxy) is 1. The monoisotopic (exact) mass is 902 g/mol. The molecule has 312 valence electrons. The Morgan fingerprint density at radius 2 is 0.689 bits per heavy atom. The maximum absolute atomic E-state index is 12.9. The van der Waals surface area contributed by atoms with Gasteiger partial charge in [0, 0.05) is 44.2 Å². The van der Waals surface area contributed by atoms with Crippen molar-refractivity contribution in [1.29, 1.82) is 0 Å². The van der Waals surface area contributed by atoms with Gasteiger partial charge in [0.1, 0.15) is 11.5 Å². The van der Waals surface area contributed by atoms with Crippen LogP contribution in [0, 0.1) is 0 Å². The largest absolute Gasteiger partial charge is 0.457 e. The number of carbonyl (C=O) groups is 4. The summed E-state index contributed by atoms with van der Waals surface area (Å²) in [6.45, 7) is 0. The quantitative estimate of drug-likeness (QED) is 0.0583. The van der Waals surface area contributed by atoms with Gasteiger partial charge in [-0.1, -0.05) is 47.5 Å². The summed E-state index contributed by atoms with van der Waals surface area (Å²) >= 11 is 11.9. The molecule has 0 aliphatic rings. The van der Waals surface area contributed by atoms with Crippen molar-refractivity contribution in [1.82, 2.24) is 9.44 Å². The fourth-order valence-electron chi connectivity index (χ4n) is 5.23. The number of hydrogen-bond acceptors (Lipinski definition) is 9. The number of carbonyl (C=O) groups excluding carboxylic acids is 4. The first-order valence-electron chi connectivity index (χ1n) is 17.5. The third-order valence-electron chi connectivity index (χ3n) is 7.88. The summed E-state index contributed by atoms with van der Waals surface area (Å²) in [5.41, 5.74) is 1.60. The van der Waals surface area contributed by atoms with Gasteiger partial charge in [0.05, 0.1) is 9.79 Å². The molecule has 6 aromatic rings. The molecule has 61 heavy (non-hydrogen) atoms. The van der Waals surface area contributed by atoms with Crippen molar-refractivity contribution in [3.8, 4) is 11.5 Å². The summed E-state index contributed by atoms with van der Waals surface area (Å²) in [6.07, 6.45) is 0. The van der Waals surface area contributed by atoms with Gasteiger partial charge in [0.2, 0.25) is 0 Å². The summed E-state index contributed by atoms with van der Waals surface area (Å²) in [6, 6.07) is 32.0.